The molecule has 0 fully saturated rings. The predicted octanol–water partition coefficient (Wildman–Crippen LogP) is 1.76. The topological polar surface area (TPSA) is 9.23 Å². The first-order valence-corrected chi connectivity index (χ1v) is 2.50. The largest absolute Gasteiger partial charge is 0.449 e. The summed E-state index contributed by atoms with van der Waals surface area (Å²) in [7, 11) is 0. The third-order valence-electron chi connectivity index (χ3n) is 0.448. The highest BCUT2D eigenvalue weighted by atomic mass is 32.1. The summed E-state index contributed by atoms with van der Waals surface area (Å²) >= 11 is 4.24. The smallest absolute Gasteiger partial charge is 0.244 e. The molecule has 2 heteroatoms. The van der Waals surface area contributed by atoms with Gasteiger partial charge < -0.3 is 4.74 Å². The molecule has 0 aliphatic heterocycles. The first kappa shape index (κ1) is 6.63. The first-order chi connectivity index (χ1) is 3.41. The van der Waals surface area contributed by atoms with Crippen LogP contribution in [0.5, 0.6) is 0 Å². The van der Waals surface area contributed by atoms with Crippen LogP contribution in [0.25, 0.3) is 0 Å². The molecule has 0 aromatic carbocycles. The van der Waals surface area contributed by atoms with Crippen LogP contribution in [-0.4, -0.2) is 5.55 Å². The van der Waals surface area contributed by atoms with Gasteiger partial charge in [-0.2, -0.15) is 0 Å². The Labute approximate surface area is 49.0 Å². The van der Waals surface area contributed by atoms with E-state index in [0.717, 1.165) is 6.42 Å². The van der Waals surface area contributed by atoms with E-state index in [0.29, 0.717) is 0 Å². The third-order valence-corrected chi connectivity index (χ3v) is 0.544. The average Bonchev–Trinajstić information content (AvgIpc) is 1.69. The molecule has 0 rings (SSSR count). The number of rotatable bonds is 3. The summed E-state index contributed by atoms with van der Waals surface area (Å²) in [5, 5.41) is 0. The molecule has 0 saturated carbocycles. The fourth-order valence-corrected chi connectivity index (χ4v) is 0.228. The molecule has 0 heterocycles. The van der Waals surface area contributed by atoms with Crippen LogP contribution in [0.3, 0.4) is 0 Å². The number of thiocarbonyl (C=S) groups is 1. The lowest BCUT2D eigenvalue weighted by atomic mass is 10.5. The lowest BCUT2D eigenvalue weighted by Crippen LogP contribution is -1.67. The summed E-state index contributed by atoms with van der Waals surface area (Å²) in [5.74, 6) is 0. The summed E-state index contributed by atoms with van der Waals surface area (Å²) < 4.78 is 4.46. The molecule has 0 aromatic heterocycles. The molecule has 0 atom stereocenters. The minimum Gasteiger partial charge on any atom is -0.449 e. The predicted molar refractivity (Wildman–Crippen MR) is 33.1 cm³/mol. The van der Waals surface area contributed by atoms with Crippen LogP contribution in [-0.2, 0) is 4.74 Å². The summed E-state index contributed by atoms with van der Waals surface area (Å²) in [4.78, 5) is 0. The Balaban J connectivity index is 2.92. The highest BCUT2D eigenvalue weighted by molar-refractivity contribution is 7.78. The van der Waals surface area contributed by atoms with Crippen LogP contribution in [0.15, 0.2) is 12.3 Å². The Morgan fingerprint density at radius 1 is 1.86 bits per heavy atom. The fourth-order valence-electron chi connectivity index (χ4n) is 0.172. The molecular formula is C5H7OS. The molecule has 0 amide bonds. The van der Waals surface area contributed by atoms with E-state index in [4.69, 9.17) is 0 Å². The minimum absolute atomic E-state index is 0.969. The summed E-state index contributed by atoms with van der Waals surface area (Å²) in [6.07, 6.45) is 4.35. The molecular weight excluding hydrogens is 108 g/mol. The van der Waals surface area contributed by atoms with Crippen LogP contribution in [0, 0.1) is 0 Å². The zero-order valence-corrected chi connectivity index (χ0v) is 4.99. The van der Waals surface area contributed by atoms with Gasteiger partial charge >= 0.3 is 0 Å². The van der Waals surface area contributed by atoms with E-state index >= 15 is 0 Å². The molecule has 7 heavy (non-hydrogen) atoms. The normalized spacial score (nSPS) is 9.29. The SMILES string of the molecule is CCC=CO[C]=S. The number of hydrogen-bond donors (Lipinski definition) is 0. The van der Waals surface area contributed by atoms with Crippen molar-refractivity contribution in [2.24, 2.45) is 0 Å². The van der Waals surface area contributed by atoms with Crippen molar-refractivity contribution in [3.8, 4) is 0 Å². The molecule has 1 nitrogen and oxygen atoms in total. The van der Waals surface area contributed by atoms with Gasteiger partial charge in [-0.15, -0.1) is 0 Å². The van der Waals surface area contributed by atoms with Crippen molar-refractivity contribution in [1.82, 2.24) is 0 Å². The molecule has 0 aliphatic carbocycles. The molecule has 0 bridgehead atoms. The summed E-state index contributed by atoms with van der Waals surface area (Å²) in [5.41, 5.74) is 2.10. The van der Waals surface area contributed by atoms with Crippen LogP contribution < -0.4 is 0 Å². The highest BCUT2D eigenvalue weighted by Gasteiger charge is 1.63. The molecule has 0 saturated heterocycles. The van der Waals surface area contributed by atoms with Crippen molar-refractivity contribution in [3.05, 3.63) is 12.3 Å². The Hall–Kier alpha value is -0.370. The standard InChI is InChI=1S/C5H7OS/c1-2-3-4-6-5-7/h3-4H,2H2,1H3. The van der Waals surface area contributed by atoms with Gasteiger partial charge in [-0.1, -0.05) is 6.92 Å². The van der Waals surface area contributed by atoms with Crippen molar-refractivity contribution < 1.29 is 4.74 Å². The number of ether oxygens (including phenoxy) is 1. The maximum atomic E-state index is 4.46. The fraction of sp³-hybridized carbons (Fsp3) is 0.400. The highest BCUT2D eigenvalue weighted by Crippen LogP contribution is 1.77. The van der Waals surface area contributed by atoms with Gasteiger partial charge in [0.1, 0.15) is 0 Å². The van der Waals surface area contributed by atoms with Crippen LogP contribution >= 0.6 is 12.2 Å². The Morgan fingerprint density at radius 3 is 3.00 bits per heavy atom. The average molecular weight is 115 g/mol. The Kier molecular flexibility index (Phi) is 5.33. The molecule has 0 N–H and O–H groups in total. The second-order valence-corrected chi connectivity index (χ2v) is 1.15. The molecule has 0 spiro atoms. The van der Waals surface area contributed by atoms with Gasteiger partial charge in [0, 0.05) is 0 Å². The molecule has 0 aliphatic rings. The van der Waals surface area contributed by atoms with Gasteiger partial charge in [0.2, 0.25) is 5.55 Å². The zero-order chi connectivity index (χ0) is 5.54. The van der Waals surface area contributed by atoms with Gasteiger partial charge in [0.15, 0.2) is 0 Å². The van der Waals surface area contributed by atoms with Crippen LogP contribution in [0.2, 0.25) is 0 Å². The van der Waals surface area contributed by atoms with Gasteiger partial charge in [-0.3, -0.25) is 0 Å². The molecule has 0 aromatic rings. The van der Waals surface area contributed by atoms with E-state index in [1.807, 2.05) is 13.0 Å². The second-order valence-electron chi connectivity index (χ2n) is 0.981. The van der Waals surface area contributed by atoms with Crippen molar-refractivity contribution in [2.45, 2.75) is 13.3 Å². The molecule has 1 radical (unpaired) electrons. The van der Waals surface area contributed by atoms with Gasteiger partial charge in [-0.05, 0) is 24.7 Å². The first-order valence-electron chi connectivity index (χ1n) is 2.09. The maximum Gasteiger partial charge on any atom is 0.244 e. The minimum atomic E-state index is 0.969. The van der Waals surface area contributed by atoms with E-state index in [9.17, 15) is 0 Å². The summed E-state index contributed by atoms with van der Waals surface area (Å²) in [6, 6.07) is 0. The zero-order valence-electron chi connectivity index (χ0n) is 4.18. The van der Waals surface area contributed by atoms with Crippen molar-refractivity contribution >= 4 is 17.8 Å². The van der Waals surface area contributed by atoms with Gasteiger partial charge in [-0.25, -0.2) is 0 Å². The molecule has 0 unspecified atom stereocenters. The molecule has 39 valence electrons. The van der Waals surface area contributed by atoms with Crippen molar-refractivity contribution in [2.75, 3.05) is 0 Å². The van der Waals surface area contributed by atoms with Crippen molar-refractivity contribution in [3.63, 3.8) is 0 Å². The lowest BCUT2D eigenvalue weighted by molar-refractivity contribution is 0.502. The van der Waals surface area contributed by atoms with E-state index < -0.39 is 0 Å². The van der Waals surface area contributed by atoms with E-state index in [2.05, 4.69) is 22.5 Å². The van der Waals surface area contributed by atoms with E-state index in [1.165, 1.54) is 6.26 Å². The quantitative estimate of drug-likeness (QED) is 0.409. The summed E-state index contributed by atoms with van der Waals surface area (Å²) in [6.45, 7) is 2.02. The monoisotopic (exact) mass is 115 g/mol. The van der Waals surface area contributed by atoms with E-state index in [-0.39, 0.29) is 0 Å². The van der Waals surface area contributed by atoms with Gasteiger partial charge in [0.05, 0.1) is 6.26 Å². The lowest BCUT2D eigenvalue weighted by Gasteiger charge is -1.79. The Bertz CT molecular complexity index is 68.5. The van der Waals surface area contributed by atoms with Gasteiger partial charge in [0.25, 0.3) is 0 Å². The van der Waals surface area contributed by atoms with Crippen LogP contribution in [0.4, 0.5) is 0 Å². The van der Waals surface area contributed by atoms with Crippen LogP contribution in [0.1, 0.15) is 13.3 Å². The van der Waals surface area contributed by atoms with E-state index in [1.54, 1.807) is 0 Å². The Morgan fingerprint density at radius 2 is 2.57 bits per heavy atom. The van der Waals surface area contributed by atoms with Crippen molar-refractivity contribution in [1.29, 1.82) is 0 Å². The maximum absolute atomic E-state index is 4.46. The number of allylic oxidation sites excluding steroid dienone is 1. The second kappa shape index (κ2) is 5.63. The number of hydrogen-bond acceptors (Lipinski definition) is 2. The third kappa shape index (κ3) is 5.63.